The maximum absolute atomic E-state index is 13.7. The molecule has 9 heteroatoms. The number of para-hydroxylation sites is 1. The summed E-state index contributed by atoms with van der Waals surface area (Å²) in [4.78, 5) is 31.0. The normalized spacial score (nSPS) is 25.0. The Hall–Kier alpha value is -2.65. The van der Waals surface area contributed by atoms with Crippen LogP contribution in [0.1, 0.15) is 83.1 Å². The lowest BCUT2D eigenvalue weighted by Gasteiger charge is -2.43. The number of hydrogen-bond donors (Lipinski definition) is 5. The maximum atomic E-state index is 13.7. The molecule has 1 aliphatic carbocycles. The zero-order chi connectivity index (χ0) is 27.9. The average Bonchev–Trinajstić information content (AvgIpc) is 3.22. The van der Waals surface area contributed by atoms with Gasteiger partial charge in [-0.2, -0.15) is 0 Å². The van der Waals surface area contributed by atoms with Crippen LogP contribution < -0.4 is 27.0 Å². The first-order valence-corrected chi connectivity index (χ1v) is 15.0. The van der Waals surface area contributed by atoms with Gasteiger partial charge in [0.25, 0.3) is 0 Å². The van der Waals surface area contributed by atoms with Crippen LogP contribution in [-0.4, -0.2) is 67.0 Å². The molecule has 0 spiro atoms. The highest BCUT2D eigenvalue weighted by Crippen LogP contribution is 2.42. The van der Waals surface area contributed by atoms with E-state index in [0.29, 0.717) is 38.4 Å². The molecule has 2 fully saturated rings. The summed E-state index contributed by atoms with van der Waals surface area (Å²) in [7, 11) is 0. The summed E-state index contributed by atoms with van der Waals surface area (Å²) in [5, 5.41) is 12.8. The van der Waals surface area contributed by atoms with Crippen LogP contribution in [-0.2, 0) is 9.59 Å². The van der Waals surface area contributed by atoms with Crippen molar-refractivity contribution < 1.29 is 9.59 Å². The Morgan fingerprint density at radius 2 is 1.72 bits per heavy atom. The van der Waals surface area contributed by atoms with Crippen LogP contribution in [0.15, 0.2) is 24.3 Å². The van der Waals surface area contributed by atoms with Crippen molar-refractivity contribution in [2.24, 2.45) is 23.3 Å². The number of guanidine groups is 1. The molecule has 1 aromatic rings. The molecule has 0 radical (unpaired) electrons. The van der Waals surface area contributed by atoms with Crippen LogP contribution in [0.2, 0.25) is 0 Å². The molecule has 216 valence electrons. The number of carbonyl (C=O) groups is 2. The molecule has 0 aromatic heterocycles. The Kier molecular flexibility index (Phi) is 10.2. The molecule has 4 rings (SSSR count). The highest BCUT2D eigenvalue weighted by atomic mass is 16.2. The van der Waals surface area contributed by atoms with E-state index in [1.807, 2.05) is 12.1 Å². The van der Waals surface area contributed by atoms with E-state index in [-0.39, 0.29) is 29.7 Å². The van der Waals surface area contributed by atoms with Crippen LogP contribution in [0.4, 0.5) is 5.69 Å². The molecule has 3 aliphatic rings. The second-order valence-electron chi connectivity index (χ2n) is 12.1. The molecule has 1 unspecified atom stereocenters. The number of benzene rings is 1. The van der Waals surface area contributed by atoms with Crippen LogP contribution >= 0.6 is 0 Å². The van der Waals surface area contributed by atoms with Gasteiger partial charge in [0.2, 0.25) is 11.8 Å². The largest absolute Gasteiger partial charge is 0.370 e. The van der Waals surface area contributed by atoms with Crippen LogP contribution in [0, 0.1) is 17.2 Å². The zero-order valence-corrected chi connectivity index (χ0v) is 23.8. The lowest BCUT2D eigenvalue weighted by Crippen LogP contribution is -2.50. The number of nitrogens with zero attached hydrogens (tertiary/aromatic N) is 2. The van der Waals surface area contributed by atoms with Gasteiger partial charge in [-0.15, -0.1) is 0 Å². The number of amides is 2. The van der Waals surface area contributed by atoms with E-state index >= 15 is 0 Å². The molecule has 0 bridgehead atoms. The lowest BCUT2D eigenvalue weighted by molar-refractivity contribution is -0.123. The first-order valence-electron chi connectivity index (χ1n) is 15.0. The van der Waals surface area contributed by atoms with Gasteiger partial charge in [0, 0.05) is 44.0 Å². The summed E-state index contributed by atoms with van der Waals surface area (Å²) in [5.74, 6) is 1.31. The summed E-state index contributed by atoms with van der Waals surface area (Å²) in [5.41, 5.74) is 13.4. The standard InChI is InChI=1S/C30H49N7O2/c1-20(2)21-9-11-22(12-10-21)36-18-14-23(15-19-36)37-27-8-4-3-6-24(27)25(29(37)39)13-17-34-28(38)26(31)7-5-16-35-30(32)33/h3-4,6,8,20-23,25-26H,5,7,9-19,31H2,1-2H3,(H,34,38)(H4,32,33,35)/t21?,22?,25?,26-/m0/s1. The minimum atomic E-state index is -0.618. The third kappa shape index (κ3) is 7.31. The van der Waals surface area contributed by atoms with E-state index in [1.165, 1.54) is 25.7 Å². The molecular formula is C30H49N7O2. The van der Waals surface area contributed by atoms with Crippen LogP contribution in [0.25, 0.3) is 0 Å². The van der Waals surface area contributed by atoms with Gasteiger partial charge < -0.3 is 31.9 Å². The van der Waals surface area contributed by atoms with Crippen molar-refractivity contribution >= 4 is 23.5 Å². The highest BCUT2D eigenvalue weighted by molar-refractivity contribution is 6.05. The second-order valence-corrected chi connectivity index (χ2v) is 12.1. The minimum absolute atomic E-state index is 0.0851. The van der Waals surface area contributed by atoms with E-state index in [4.69, 9.17) is 16.9 Å². The maximum Gasteiger partial charge on any atom is 0.236 e. The fraction of sp³-hybridized carbons (Fsp3) is 0.700. The van der Waals surface area contributed by atoms with Gasteiger partial charge >= 0.3 is 0 Å². The zero-order valence-electron chi connectivity index (χ0n) is 23.8. The smallest absolute Gasteiger partial charge is 0.236 e. The summed E-state index contributed by atoms with van der Waals surface area (Å²) in [6.07, 6.45) is 9.06. The van der Waals surface area contributed by atoms with Gasteiger partial charge in [-0.1, -0.05) is 32.0 Å². The first-order chi connectivity index (χ1) is 18.8. The molecule has 39 heavy (non-hydrogen) atoms. The fourth-order valence-electron chi connectivity index (χ4n) is 6.87. The molecule has 9 nitrogen and oxygen atoms in total. The van der Waals surface area contributed by atoms with Gasteiger partial charge in [0.1, 0.15) is 0 Å². The number of carbonyl (C=O) groups excluding carboxylic acids is 2. The number of nitrogens with two attached hydrogens (primary N) is 2. The van der Waals surface area contributed by atoms with Crippen molar-refractivity contribution in [3.63, 3.8) is 0 Å². The summed E-state index contributed by atoms with van der Waals surface area (Å²) < 4.78 is 0. The monoisotopic (exact) mass is 539 g/mol. The Morgan fingerprint density at radius 1 is 1.03 bits per heavy atom. The quantitative estimate of drug-likeness (QED) is 0.166. The molecule has 1 saturated carbocycles. The molecule has 7 N–H and O–H groups in total. The second kappa shape index (κ2) is 13.6. The van der Waals surface area contributed by atoms with Gasteiger partial charge in [-0.25, -0.2) is 0 Å². The minimum Gasteiger partial charge on any atom is -0.370 e. The molecule has 1 saturated heterocycles. The molecule has 2 amide bonds. The van der Waals surface area contributed by atoms with Crippen molar-refractivity contribution in [2.75, 3.05) is 31.1 Å². The summed E-state index contributed by atoms with van der Waals surface area (Å²) >= 11 is 0. The van der Waals surface area contributed by atoms with Crippen molar-refractivity contribution in [1.82, 2.24) is 15.5 Å². The van der Waals surface area contributed by atoms with Crippen LogP contribution in [0.3, 0.4) is 0 Å². The van der Waals surface area contributed by atoms with Crippen LogP contribution in [0.5, 0.6) is 0 Å². The van der Waals surface area contributed by atoms with E-state index < -0.39 is 6.04 Å². The van der Waals surface area contributed by atoms with Crippen molar-refractivity contribution in [2.45, 2.75) is 95.7 Å². The average molecular weight is 540 g/mol. The predicted octanol–water partition coefficient (Wildman–Crippen LogP) is 2.89. The third-order valence-corrected chi connectivity index (χ3v) is 9.25. The van der Waals surface area contributed by atoms with Crippen molar-refractivity contribution in [1.29, 1.82) is 5.41 Å². The number of piperidine rings is 1. The van der Waals surface area contributed by atoms with E-state index in [1.54, 1.807) is 0 Å². The molecule has 2 aliphatic heterocycles. The molecule has 1 aromatic carbocycles. The predicted molar refractivity (Wildman–Crippen MR) is 157 cm³/mol. The number of likely N-dealkylation sites (tertiary alicyclic amines) is 1. The Morgan fingerprint density at radius 3 is 2.38 bits per heavy atom. The Balaban J connectivity index is 1.27. The van der Waals surface area contributed by atoms with Gasteiger partial charge in [-0.05, 0) is 81.3 Å². The van der Waals surface area contributed by atoms with Gasteiger partial charge in [0.05, 0.1) is 12.0 Å². The van der Waals surface area contributed by atoms with E-state index in [0.717, 1.165) is 49.0 Å². The number of anilines is 1. The number of rotatable bonds is 11. The molecule has 2 heterocycles. The fourth-order valence-corrected chi connectivity index (χ4v) is 6.87. The molecular weight excluding hydrogens is 490 g/mol. The first kappa shape index (κ1) is 29.3. The van der Waals surface area contributed by atoms with Crippen molar-refractivity contribution in [3.8, 4) is 0 Å². The van der Waals surface area contributed by atoms with E-state index in [2.05, 4.69) is 46.4 Å². The van der Waals surface area contributed by atoms with Gasteiger partial charge in [-0.3, -0.25) is 15.0 Å². The number of hydrogen-bond acceptors (Lipinski definition) is 5. The lowest BCUT2D eigenvalue weighted by atomic mass is 9.79. The Labute approximate surface area is 233 Å². The highest BCUT2D eigenvalue weighted by Gasteiger charge is 2.41. The number of fused-ring (bicyclic) bond motifs is 1. The number of nitrogens with one attached hydrogen (secondary N) is 3. The summed E-state index contributed by atoms with van der Waals surface area (Å²) in [6, 6.07) is 8.49. The summed E-state index contributed by atoms with van der Waals surface area (Å²) in [6.45, 7) is 7.76. The topological polar surface area (TPSA) is 141 Å². The van der Waals surface area contributed by atoms with E-state index in [9.17, 15) is 9.59 Å². The third-order valence-electron chi connectivity index (χ3n) is 9.25. The SMILES string of the molecule is CC(C)C1CCC(N2CCC(N3C(=O)C(CCNC(=O)[C@@H](N)CCCNC(=N)N)c4ccccc43)CC2)CC1. The molecule has 2 atom stereocenters. The Bertz CT molecular complexity index is 983. The van der Waals surface area contributed by atoms with Crippen molar-refractivity contribution in [3.05, 3.63) is 29.8 Å². The van der Waals surface area contributed by atoms with Gasteiger partial charge in [0.15, 0.2) is 5.96 Å².